The van der Waals surface area contributed by atoms with Gasteiger partial charge in [0.25, 0.3) is 11.8 Å². The topological polar surface area (TPSA) is 143 Å². The van der Waals surface area contributed by atoms with Crippen LogP contribution in [0.1, 0.15) is 25.7 Å². The highest BCUT2D eigenvalue weighted by atomic mass is 16.5. The van der Waals surface area contributed by atoms with Gasteiger partial charge in [0.1, 0.15) is 12.1 Å². The van der Waals surface area contributed by atoms with E-state index in [-0.39, 0.29) is 17.2 Å². The Hall–Kier alpha value is -3.50. The molecule has 174 valence electrons. The van der Waals surface area contributed by atoms with E-state index in [2.05, 4.69) is 0 Å². The molecule has 0 spiro atoms. The number of carbonyl (C=O) groups is 4. The van der Waals surface area contributed by atoms with E-state index in [0.717, 1.165) is 0 Å². The Kier molecular flexibility index (Phi) is 7.39. The molecule has 2 saturated heterocycles. The Balaban J connectivity index is 1.66. The van der Waals surface area contributed by atoms with Crippen LogP contribution in [0.2, 0.25) is 0 Å². The number of carbonyl (C=O) groups excluding carboxylic acids is 2. The van der Waals surface area contributed by atoms with Crippen molar-refractivity contribution in [2.75, 3.05) is 33.4 Å². The highest BCUT2D eigenvalue weighted by molar-refractivity contribution is 5.86. The number of amides is 2. The van der Waals surface area contributed by atoms with E-state index in [9.17, 15) is 29.4 Å². The number of benzene rings is 1. The molecule has 2 unspecified atom stereocenters. The lowest BCUT2D eigenvalue weighted by Crippen LogP contribution is -2.43. The lowest BCUT2D eigenvalue weighted by molar-refractivity contribution is -0.149. The van der Waals surface area contributed by atoms with Crippen molar-refractivity contribution in [3.8, 4) is 17.2 Å². The molecular weight excluding hydrogens is 424 g/mol. The average Bonchev–Trinajstić information content (AvgIpc) is 3.45. The predicted octanol–water partition coefficient (Wildman–Crippen LogP) is 0.604. The summed E-state index contributed by atoms with van der Waals surface area (Å²) in [4.78, 5) is 50.2. The molecule has 1 aromatic carbocycles. The van der Waals surface area contributed by atoms with E-state index in [1.54, 1.807) is 12.1 Å². The number of para-hydroxylation sites is 1. The van der Waals surface area contributed by atoms with Crippen molar-refractivity contribution >= 4 is 23.8 Å². The molecule has 1 aromatic rings. The number of likely N-dealkylation sites (tertiary alicyclic amines) is 2. The van der Waals surface area contributed by atoms with Crippen molar-refractivity contribution in [2.45, 2.75) is 37.8 Å². The first-order valence-corrected chi connectivity index (χ1v) is 10.3. The fraction of sp³-hybridized carbons (Fsp3) is 0.524. The van der Waals surface area contributed by atoms with Gasteiger partial charge in [0, 0.05) is 13.1 Å². The summed E-state index contributed by atoms with van der Waals surface area (Å²) in [6.45, 7) is -0.157. The Morgan fingerprint density at radius 1 is 0.875 bits per heavy atom. The number of aliphatic carboxylic acids is 2. The van der Waals surface area contributed by atoms with Gasteiger partial charge in [-0.05, 0) is 37.8 Å². The lowest BCUT2D eigenvalue weighted by Gasteiger charge is -2.23. The molecule has 32 heavy (non-hydrogen) atoms. The van der Waals surface area contributed by atoms with Crippen LogP contribution < -0.4 is 14.2 Å². The Bertz CT molecular complexity index is 888. The zero-order chi connectivity index (χ0) is 23.3. The summed E-state index contributed by atoms with van der Waals surface area (Å²) in [5, 5.41) is 18.5. The fourth-order valence-corrected chi connectivity index (χ4v) is 4.00. The number of carboxylic acid groups (broad SMARTS) is 2. The van der Waals surface area contributed by atoms with Gasteiger partial charge in [0.2, 0.25) is 5.75 Å². The SMILES string of the molecule is COc1cccc(OCC(=O)N2CCCC2C(=O)O)c1OCC(=O)N1CCCC1C(=O)O. The number of hydrogen-bond acceptors (Lipinski definition) is 7. The van der Waals surface area contributed by atoms with Crippen LogP contribution in [-0.4, -0.2) is 89.3 Å². The first-order chi connectivity index (χ1) is 15.3. The van der Waals surface area contributed by atoms with Gasteiger partial charge in [-0.3, -0.25) is 9.59 Å². The molecule has 3 rings (SSSR count). The fourth-order valence-electron chi connectivity index (χ4n) is 4.00. The normalized spacial score (nSPS) is 20.2. The van der Waals surface area contributed by atoms with E-state index in [1.165, 1.54) is 23.0 Å². The summed E-state index contributed by atoms with van der Waals surface area (Å²) in [5.74, 6) is -2.56. The third-order valence-corrected chi connectivity index (χ3v) is 5.57. The number of methoxy groups -OCH3 is 1. The Labute approximate surface area is 184 Å². The monoisotopic (exact) mass is 450 g/mol. The molecule has 2 amide bonds. The molecule has 2 atom stereocenters. The smallest absolute Gasteiger partial charge is 0.326 e. The number of hydrogen-bond donors (Lipinski definition) is 2. The van der Waals surface area contributed by atoms with Crippen molar-refractivity contribution in [3.05, 3.63) is 18.2 Å². The molecule has 0 aromatic heterocycles. The maximum atomic E-state index is 12.5. The molecule has 2 heterocycles. The van der Waals surface area contributed by atoms with Crippen LogP contribution in [0.5, 0.6) is 17.2 Å². The molecule has 0 aliphatic carbocycles. The van der Waals surface area contributed by atoms with Gasteiger partial charge in [-0.15, -0.1) is 0 Å². The maximum absolute atomic E-state index is 12.5. The van der Waals surface area contributed by atoms with Crippen LogP contribution >= 0.6 is 0 Å². The second-order valence-electron chi connectivity index (χ2n) is 7.53. The van der Waals surface area contributed by atoms with Crippen LogP contribution in [0.4, 0.5) is 0 Å². The first kappa shape index (κ1) is 23.2. The third kappa shape index (κ3) is 5.04. The van der Waals surface area contributed by atoms with Gasteiger partial charge >= 0.3 is 11.9 Å². The standard InChI is InChI=1S/C21H26N2O9/c1-30-15-7-2-8-16(31-11-17(24)22-9-3-5-13(22)20(26)27)19(15)32-12-18(25)23-10-4-6-14(23)21(28)29/h2,7-8,13-14H,3-6,9-12H2,1H3,(H,26,27)(H,28,29). The summed E-state index contributed by atoms with van der Waals surface area (Å²) in [6.07, 6.45) is 1.98. The van der Waals surface area contributed by atoms with Crippen LogP contribution in [-0.2, 0) is 19.2 Å². The van der Waals surface area contributed by atoms with Crippen LogP contribution in [0.25, 0.3) is 0 Å². The first-order valence-electron chi connectivity index (χ1n) is 10.3. The van der Waals surface area contributed by atoms with E-state index < -0.39 is 49.1 Å². The van der Waals surface area contributed by atoms with E-state index in [1.807, 2.05) is 0 Å². The minimum absolute atomic E-state index is 0.0958. The van der Waals surface area contributed by atoms with Crippen LogP contribution in [0.15, 0.2) is 18.2 Å². The zero-order valence-corrected chi connectivity index (χ0v) is 17.7. The largest absolute Gasteiger partial charge is 0.493 e. The second-order valence-corrected chi connectivity index (χ2v) is 7.53. The molecule has 0 radical (unpaired) electrons. The number of carboxylic acids is 2. The second kappa shape index (κ2) is 10.2. The molecule has 2 aliphatic rings. The molecule has 11 heteroatoms. The summed E-state index contributed by atoms with van der Waals surface area (Å²) >= 11 is 0. The van der Waals surface area contributed by atoms with Crippen molar-refractivity contribution < 1.29 is 43.6 Å². The van der Waals surface area contributed by atoms with Gasteiger partial charge in [0.15, 0.2) is 24.7 Å². The van der Waals surface area contributed by atoms with Crippen molar-refractivity contribution in [1.29, 1.82) is 0 Å². The summed E-state index contributed by atoms with van der Waals surface area (Å²) < 4.78 is 16.5. The number of rotatable bonds is 9. The minimum atomic E-state index is -1.06. The summed E-state index contributed by atoms with van der Waals surface area (Å²) in [6, 6.07) is 2.99. The third-order valence-electron chi connectivity index (χ3n) is 5.57. The number of nitrogens with zero attached hydrogens (tertiary/aromatic N) is 2. The summed E-state index contributed by atoms with van der Waals surface area (Å²) in [5.41, 5.74) is 0. The van der Waals surface area contributed by atoms with Gasteiger partial charge in [0.05, 0.1) is 7.11 Å². The average molecular weight is 450 g/mol. The molecule has 2 fully saturated rings. The van der Waals surface area contributed by atoms with Crippen molar-refractivity contribution in [1.82, 2.24) is 9.80 Å². The number of ether oxygens (including phenoxy) is 3. The summed E-state index contributed by atoms with van der Waals surface area (Å²) in [7, 11) is 1.40. The van der Waals surface area contributed by atoms with Crippen LogP contribution in [0, 0.1) is 0 Å². The maximum Gasteiger partial charge on any atom is 0.326 e. The quantitative estimate of drug-likeness (QED) is 0.553. The molecule has 0 bridgehead atoms. The molecular formula is C21H26N2O9. The van der Waals surface area contributed by atoms with E-state index in [0.29, 0.717) is 38.8 Å². The van der Waals surface area contributed by atoms with Gasteiger partial charge in [-0.1, -0.05) is 6.07 Å². The lowest BCUT2D eigenvalue weighted by atomic mass is 10.2. The predicted molar refractivity (Wildman–Crippen MR) is 109 cm³/mol. The van der Waals surface area contributed by atoms with E-state index in [4.69, 9.17) is 14.2 Å². The molecule has 11 nitrogen and oxygen atoms in total. The highest BCUT2D eigenvalue weighted by Crippen LogP contribution is 2.37. The van der Waals surface area contributed by atoms with Crippen molar-refractivity contribution in [3.63, 3.8) is 0 Å². The molecule has 2 aliphatic heterocycles. The molecule has 2 N–H and O–H groups in total. The Morgan fingerprint density at radius 2 is 1.38 bits per heavy atom. The van der Waals surface area contributed by atoms with Gasteiger partial charge in [-0.25, -0.2) is 9.59 Å². The van der Waals surface area contributed by atoms with Gasteiger partial charge < -0.3 is 34.2 Å². The van der Waals surface area contributed by atoms with Crippen LogP contribution in [0.3, 0.4) is 0 Å². The highest BCUT2D eigenvalue weighted by Gasteiger charge is 2.35. The molecule has 0 saturated carbocycles. The Morgan fingerprint density at radius 3 is 1.88 bits per heavy atom. The van der Waals surface area contributed by atoms with E-state index >= 15 is 0 Å². The minimum Gasteiger partial charge on any atom is -0.493 e. The zero-order valence-electron chi connectivity index (χ0n) is 17.7. The van der Waals surface area contributed by atoms with Crippen molar-refractivity contribution in [2.24, 2.45) is 0 Å². The van der Waals surface area contributed by atoms with Gasteiger partial charge in [-0.2, -0.15) is 0 Å².